The van der Waals surface area contributed by atoms with Crippen LogP contribution < -0.4 is 24.3 Å². The van der Waals surface area contributed by atoms with E-state index in [2.05, 4.69) is 42.3 Å². The van der Waals surface area contributed by atoms with Crippen molar-refractivity contribution in [2.75, 3.05) is 41.5 Å². The number of nitrogens with zero attached hydrogens (tertiary/aromatic N) is 2. The minimum absolute atomic E-state index is 0.0392. The lowest BCUT2D eigenvalue weighted by Gasteiger charge is -2.40. The number of carbonyl (C=O) groups is 1. The molecule has 198 valence electrons. The van der Waals surface area contributed by atoms with Gasteiger partial charge in [0.15, 0.2) is 0 Å². The number of ether oxygens (including phenoxy) is 4. The van der Waals surface area contributed by atoms with Crippen LogP contribution >= 0.6 is 0 Å². The van der Waals surface area contributed by atoms with Crippen LogP contribution in [-0.4, -0.2) is 62.9 Å². The van der Waals surface area contributed by atoms with Crippen LogP contribution in [0.2, 0.25) is 0 Å². The third-order valence-electron chi connectivity index (χ3n) is 7.98. The largest absolute Gasteiger partial charge is 0.497 e. The first-order chi connectivity index (χ1) is 17.7. The van der Waals surface area contributed by atoms with Crippen molar-refractivity contribution in [2.45, 2.75) is 50.7 Å². The average Bonchev–Trinajstić information content (AvgIpc) is 3.04. The molecule has 3 aliphatic rings. The molecule has 2 saturated heterocycles. The van der Waals surface area contributed by atoms with E-state index in [0.29, 0.717) is 6.54 Å². The Morgan fingerprint density at radius 3 is 2.08 bits per heavy atom. The molecule has 0 aromatic heterocycles. The average molecular weight is 508 g/mol. The number of methoxy groups -OCH3 is 4. The summed E-state index contributed by atoms with van der Waals surface area (Å²) in [4.78, 5) is 17.7. The molecule has 1 spiro atoms. The van der Waals surface area contributed by atoms with Crippen LogP contribution in [-0.2, 0) is 18.5 Å². The first-order valence-electron chi connectivity index (χ1n) is 12.7. The Morgan fingerprint density at radius 1 is 0.865 bits per heavy atom. The predicted molar refractivity (Wildman–Crippen MR) is 142 cm³/mol. The summed E-state index contributed by atoms with van der Waals surface area (Å²) in [6, 6.07) is 9.92. The van der Waals surface area contributed by atoms with Crippen molar-refractivity contribution in [1.82, 2.24) is 15.1 Å². The van der Waals surface area contributed by atoms with Crippen molar-refractivity contribution in [3.8, 4) is 23.0 Å². The number of likely N-dealkylation sites (tertiary alicyclic amines) is 1. The van der Waals surface area contributed by atoms with Crippen molar-refractivity contribution in [2.24, 2.45) is 0 Å². The first kappa shape index (κ1) is 25.3. The molecule has 2 amide bonds. The van der Waals surface area contributed by atoms with E-state index in [1.807, 2.05) is 23.1 Å². The van der Waals surface area contributed by atoms with Gasteiger partial charge in [-0.15, -0.1) is 0 Å². The maximum absolute atomic E-state index is 13.3. The summed E-state index contributed by atoms with van der Waals surface area (Å²) in [5.74, 6) is 3.10. The van der Waals surface area contributed by atoms with Crippen molar-refractivity contribution >= 4 is 6.03 Å². The Labute approximate surface area is 219 Å². The molecule has 3 aliphatic heterocycles. The van der Waals surface area contributed by atoms with Gasteiger partial charge in [0.05, 0.1) is 40.5 Å². The van der Waals surface area contributed by atoms with Gasteiger partial charge in [-0.3, -0.25) is 9.80 Å². The minimum Gasteiger partial charge on any atom is -0.497 e. The summed E-state index contributed by atoms with van der Waals surface area (Å²) in [5.41, 5.74) is 3.66. The summed E-state index contributed by atoms with van der Waals surface area (Å²) >= 11 is 0. The number of carbonyl (C=O) groups excluding carboxylic acids is 1. The normalized spacial score (nSPS) is 19.9. The number of benzene rings is 2. The molecule has 2 fully saturated rings. The molecule has 0 radical (unpaired) electrons. The van der Waals surface area contributed by atoms with Crippen LogP contribution in [0.4, 0.5) is 4.79 Å². The zero-order valence-corrected chi connectivity index (χ0v) is 22.6. The van der Waals surface area contributed by atoms with Crippen molar-refractivity contribution in [3.05, 3.63) is 58.8 Å². The molecule has 2 aromatic carbocycles. The van der Waals surface area contributed by atoms with Gasteiger partial charge in [0.25, 0.3) is 0 Å². The van der Waals surface area contributed by atoms with E-state index in [1.54, 1.807) is 28.4 Å². The minimum atomic E-state index is -0.379. The number of rotatable bonds is 6. The summed E-state index contributed by atoms with van der Waals surface area (Å²) in [6.45, 7) is 7.41. The molecule has 3 heterocycles. The molecule has 5 rings (SSSR count). The van der Waals surface area contributed by atoms with Crippen LogP contribution in [0.25, 0.3) is 0 Å². The molecule has 37 heavy (non-hydrogen) atoms. The zero-order chi connectivity index (χ0) is 26.4. The summed E-state index contributed by atoms with van der Waals surface area (Å²) in [6.07, 6.45) is 3.96. The molecule has 2 aromatic rings. The van der Waals surface area contributed by atoms with Gasteiger partial charge in [-0.1, -0.05) is 19.9 Å². The lowest BCUT2D eigenvalue weighted by Crippen LogP contribution is -2.51. The molecule has 0 aliphatic carbocycles. The van der Waals surface area contributed by atoms with Gasteiger partial charge in [0.1, 0.15) is 23.0 Å². The number of piperidine rings is 1. The van der Waals surface area contributed by atoms with Crippen LogP contribution in [0.5, 0.6) is 23.0 Å². The Balaban J connectivity index is 1.41. The topological polar surface area (TPSA) is 72.5 Å². The molecular formula is C29H37N3O5. The van der Waals surface area contributed by atoms with E-state index in [0.717, 1.165) is 77.9 Å². The monoisotopic (exact) mass is 507 g/mol. The molecule has 8 heteroatoms. The van der Waals surface area contributed by atoms with Gasteiger partial charge in [0, 0.05) is 48.4 Å². The number of hydrogen-bond acceptors (Lipinski definition) is 6. The Hall–Kier alpha value is -3.39. The van der Waals surface area contributed by atoms with Crippen molar-refractivity contribution in [1.29, 1.82) is 0 Å². The highest BCUT2D eigenvalue weighted by Gasteiger charge is 2.51. The fraction of sp³-hybridized carbons (Fsp3) is 0.483. The van der Waals surface area contributed by atoms with Gasteiger partial charge in [0.2, 0.25) is 0 Å². The van der Waals surface area contributed by atoms with E-state index in [9.17, 15) is 4.79 Å². The van der Waals surface area contributed by atoms with Gasteiger partial charge in [-0.05, 0) is 42.2 Å². The SMILES string of the molecule is COc1cc(CN2CCC3(CC2)NC(=O)N2Cc4cc(OC)cc(OC)c4C(C)(C)C=C23)cc(OC)c1. The molecule has 8 nitrogen and oxygen atoms in total. The van der Waals surface area contributed by atoms with Gasteiger partial charge >= 0.3 is 6.03 Å². The molecular weight excluding hydrogens is 470 g/mol. The Morgan fingerprint density at radius 2 is 1.49 bits per heavy atom. The third-order valence-corrected chi connectivity index (χ3v) is 7.98. The highest BCUT2D eigenvalue weighted by atomic mass is 16.5. The van der Waals surface area contributed by atoms with Crippen LogP contribution in [0.15, 0.2) is 42.1 Å². The fourth-order valence-corrected chi connectivity index (χ4v) is 6.13. The number of allylic oxidation sites excluding steroid dienone is 1. The lowest BCUT2D eigenvalue weighted by molar-refractivity contribution is 0.159. The number of nitrogens with one attached hydrogen (secondary N) is 1. The maximum atomic E-state index is 13.3. The van der Waals surface area contributed by atoms with Crippen LogP contribution in [0, 0.1) is 0 Å². The smallest absolute Gasteiger partial charge is 0.322 e. The van der Waals surface area contributed by atoms with E-state index in [1.165, 1.54) is 0 Å². The van der Waals surface area contributed by atoms with E-state index < -0.39 is 0 Å². The van der Waals surface area contributed by atoms with E-state index in [-0.39, 0.29) is 17.0 Å². The first-order valence-corrected chi connectivity index (χ1v) is 12.7. The van der Waals surface area contributed by atoms with Gasteiger partial charge in [-0.2, -0.15) is 0 Å². The second-order valence-corrected chi connectivity index (χ2v) is 10.7. The molecule has 0 saturated carbocycles. The van der Waals surface area contributed by atoms with E-state index >= 15 is 0 Å². The summed E-state index contributed by atoms with van der Waals surface area (Å²) in [5, 5.41) is 3.38. The lowest BCUT2D eigenvalue weighted by atomic mass is 9.77. The highest BCUT2D eigenvalue weighted by Crippen LogP contribution is 2.47. The number of fused-ring (bicyclic) bond motifs is 3. The second-order valence-electron chi connectivity index (χ2n) is 10.7. The van der Waals surface area contributed by atoms with Crippen LogP contribution in [0.1, 0.15) is 43.4 Å². The number of urea groups is 1. The maximum Gasteiger partial charge on any atom is 0.322 e. The molecule has 1 N–H and O–H groups in total. The van der Waals surface area contributed by atoms with Crippen molar-refractivity contribution < 1.29 is 23.7 Å². The summed E-state index contributed by atoms with van der Waals surface area (Å²) < 4.78 is 22.2. The van der Waals surface area contributed by atoms with Crippen LogP contribution in [0.3, 0.4) is 0 Å². The predicted octanol–water partition coefficient (Wildman–Crippen LogP) is 4.46. The summed E-state index contributed by atoms with van der Waals surface area (Å²) in [7, 11) is 6.68. The molecule has 0 atom stereocenters. The third kappa shape index (κ3) is 4.48. The van der Waals surface area contributed by atoms with Gasteiger partial charge < -0.3 is 24.3 Å². The standard InChI is InChI=1S/C29H37N3O5/c1-28(2)16-25-29(7-9-31(10-8-29)17-19-11-21(34-3)14-22(12-19)35-4)30-27(33)32(25)18-20-13-23(36-5)15-24(37-6)26(20)28/h11-16H,7-10,17-18H2,1-6H3,(H,30,33). The fourth-order valence-electron chi connectivity index (χ4n) is 6.13. The zero-order valence-electron chi connectivity index (χ0n) is 22.6. The second kappa shape index (κ2) is 9.49. The van der Waals surface area contributed by atoms with Gasteiger partial charge in [-0.25, -0.2) is 4.79 Å². The van der Waals surface area contributed by atoms with E-state index in [4.69, 9.17) is 18.9 Å². The Bertz CT molecular complexity index is 1210. The molecule has 0 unspecified atom stereocenters. The highest BCUT2D eigenvalue weighted by molar-refractivity contribution is 5.83. The van der Waals surface area contributed by atoms with Crippen molar-refractivity contribution in [3.63, 3.8) is 0 Å². The molecule has 0 bridgehead atoms. The Kier molecular flexibility index (Phi) is 6.48. The number of amides is 2. The number of hydrogen-bond donors (Lipinski definition) is 1. The quantitative estimate of drug-likeness (QED) is 0.623.